The van der Waals surface area contributed by atoms with E-state index in [4.69, 9.17) is 12.2 Å². The van der Waals surface area contributed by atoms with Gasteiger partial charge < -0.3 is 15.0 Å². The standard InChI is InChI=1S/C15H14N2O2S/c18-12-4-3-10-5-7-17(9-11(10)8-12)15(19)13-2-1-6-16-14(13)20/h1-4,6,8,18H,5,7,9H2,(H,16,20). The van der Waals surface area contributed by atoms with Gasteiger partial charge in [0.25, 0.3) is 5.91 Å². The Bertz CT molecular complexity index is 724. The lowest BCUT2D eigenvalue weighted by atomic mass is 9.99. The zero-order chi connectivity index (χ0) is 14.1. The van der Waals surface area contributed by atoms with Gasteiger partial charge in [0.15, 0.2) is 0 Å². The number of phenolic OH excluding ortho intramolecular Hbond substituents is 1. The maximum absolute atomic E-state index is 12.5. The number of benzene rings is 1. The molecule has 0 unspecified atom stereocenters. The zero-order valence-electron chi connectivity index (χ0n) is 10.8. The first kappa shape index (κ1) is 12.9. The molecule has 102 valence electrons. The summed E-state index contributed by atoms with van der Waals surface area (Å²) in [5.41, 5.74) is 2.70. The van der Waals surface area contributed by atoms with Gasteiger partial charge in [-0.25, -0.2) is 0 Å². The number of nitrogens with one attached hydrogen (secondary N) is 1. The van der Waals surface area contributed by atoms with Crippen LogP contribution in [0.4, 0.5) is 0 Å². The lowest BCUT2D eigenvalue weighted by Crippen LogP contribution is -2.36. The third-order valence-electron chi connectivity index (χ3n) is 3.54. The number of fused-ring (bicyclic) bond motifs is 1. The number of amides is 1. The summed E-state index contributed by atoms with van der Waals surface area (Å²) in [5, 5.41) is 9.55. The summed E-state index contributed by atoms with van der Waals surface area (Å²) in [6.07, 6.45) is 2.51. The van der Waals surface area contributed by atoms with Crippen LogP contribution in [0.3, 0.4) is 0 Å². The van der Waals surface area contributed by atoms with Gasteiger partial charge in [0.2, 0.25) is 0 Å². The Balaban J connectivity index is 1.89. The Morgan fingerprint density at radius 1 is 1.30 bits per heavy atom. The Morgan fingerprint density at radius 2 is 2.15 bits per heavy atom. The fraction of sp³-hybridized carbons (Fsp3) is 0.200. The molecule has 1 aromatic heterocycles. The third kappa shape index (κ3) is 2.32. The number of nitrogens with zero attached hydrogens (tertiary/aromatic N) is 1. The Kier molecular flexibility index (Phi) is 3.28. The quantitative estimate of drug-likeness (QED) is 0.792. The fourth-order valence-electron chi connectivity index (χ4n) is 2.48. The van der Waals surface area contributed by atoms with Crippen molar-refractivity contribution >= 4 is 18.1 Å². The number of H-pyrrole nitrogens is 1. The normalized spacial score (nSPS) is 13.9. The van der Waals surface area contributed by atoms with Crippen molar-refractivity contribution in [1.29, 1.82) is 0 Å². The SMILES string of the molecule is O=C(c1ccc[nH]c1=S)N1CCc2ccc(O)cc2C1. The summed E-state index contributed by atoms with van der Waals surface area (Å²) in [7, 11) is 0. The van der Waals surface area contributed by atoms with Crippen molar-refractivity contribution in [2.45, 2.75) is 13.0 Å². The number of phenols is 1. The van der Waals surface area contributed by atoms with Crippen LogP contribution >= 0.6 is 12.2 Å². The fourth-order valence-corrected chi connectivity index (χ4v) is 2.70. The molecule has 0 bridgehead atoms. The smallest absolute Gasteiger partial charge is 0.257 e. The largest absolute Gasteiger partial charge is 0.508 e. The minimum Gasteiger partial charge on any atom is -0.508 e. The van der Waals surface area contributed by atoms with Gasteiger partial charge in [-0.15, -0.1) is 0 Å². The highest BCUT2D eigenvalue weighted by Crippen LogP contribution is 2.24. The van der Waals surface area contributed by atoms with Crippen LogP contribution in [0, 0.1) is 4.64 Å². The molecular formula is C15H14N2O2S. The first-order chi connectivity index (χ1) is 9.65. The van der Waals surface area contributed by atoms with E-state index in [9.17, 15) is 9.90 Å². The van der Waals surface area contributed by atoms with Crippen LogP contribution in [-0.2, 0) is 13.0 Å². The molecule has 4 nitrogen and oxygen atoms in total. The van der Waals surface area contributed by atoms with Crippen LogP contribution in [0.15, 0.2) is 36.5 Å². The van der Waals surface area contributed by atoms with Crippen molar-refractivity contribution in [2.24, 2.45) is 0 Å². The number of rotatable bonds is 1. The molecule has 1 aromatic carbocycles. The minimum absolute atomic E-state index is 0.0687. The summed E-state index contributed by atoms with van der Waals surface area (Å²) >= 11 is 5.15. The van der Waals surface area contributed by atoms with Crippen LogP contribution in [-0.4, -0.2) is 27.4 Å². The summed E-state index contributed by atoms with van der Waals surface area (Å²) in [6.45, 7) is 1.17. The molecule has 3 rings (SSSR count). The lowest BCUT2D eigenvalue weighted by Gasteiger charge is -2.29. The molecule has 5 heteroatoms. The van der Waals surface area contributed by atoms with E-state index >= 15 is 0 Å². The van der Waals surface area contributed by atoms with Gasteiger partial charge in [0, 0.05) is 19.3 Å². The molecule has 0 fully saturated rings. The molecule has 0 spiro atoms. The van der Waals surface area contributed by atoms with Crippen LogP contribution in [0.5, 0.6) is 5.75 Å². The van der Waals surface area contributed by atoms with Gasteiger partial charge in [0.1, 0.15) is 10.4 Å². The predicted octanol–water partition coefficient (Wildman–Crippen LogP) is 2.65. The summed E-state index contributed by atoms with van der Waals surface area (Å²) in [4.78, 5) is 17.1. The summed E-state index contributed by atoms with van der Waals surface area (Å²) in [6, 6.07) is 8.83. The molecule has 0 saturated carbocycles. The molecule has 0 saturated heterocycles. The monoisotopic (exact) mass is 286 g/mol. The Morgan fingerprint density at radius 3 is 2.95 bits per heavy atom. The first-order valence-corrected chi connectivity index (χ1v) is 6.84. The highest BCUT2D eigenvalue weighted by atomic mass is 32.1. The topological polar surface area (TPSA) is 56.3 Å². The highest BCUT2D eigenvalue weighted by Gasteiger charge is 2.22. The summed E-state index contributed by atoms with van der Waals surface area (Å²) < 4.78 is 0.458. The third-order valence-corrected chi connectivity index (χ3v) is 3.88. The van der Waals surface area contributed by atoms with E-state index in [0.717, 1.165) is 12.0 Å². The van der Waals surface area contributed by atoms with Gasteiger partial charge in [-0.3, -0.25) is 4.79 Å². The average molecular weight is 286 g/mol. The molecule has 0 atom stereocenters. The molecule has 2 heterocycles. The van der Waals surface area contributed by atoms with Gasteiger partial charge in [-0.1, -0.05) is 18.3 Å². The van der Waals surface area contributed by atoms with Crippen LogP contribution in [0.1, 0.15) is 21.5 Å². The van der Waals surface area contributed by atoms with E-state index < -0.39 is 0 Å². The maximum atomic E-state index is 12.5. The lowest BCUT2D eigenvalue weighted by molar-refractivity contribution is 0.0733. The Hall–Kier alpha value is -2.14. The molecule has 0 radical (unpaired) electrons. The van der Waals surface area contributed by atoms with Gasteiger partial charge in [0.05, 0.1) is 5.56 Å². The Labute approximate surface area is 121 Å². The van der Waals surface area contributed by atoms with Gasteiger partial charge in [-0.05, 0) is 41.8 Å². The second-order valence-corrected chi connectivity index (χ2v) is 5.25. The number of pyridine rings is 1. The number of aromatic amines is 1. The molecule has 2 aromatic rings. The van der Waals surface area contributed by atoms with Crippen LogP contribution in [0.2, 0.25) is 0 Å². The first-order valence-electron chi connectivity index (χ1n) is 6.43. The average Bonchev–Trinajstić information content (AvgIpc) is 2.46. The number of carbonyl (C=O) groups is 1. The number of carbonyl (C=O) groups excluding carboxylic acids is 1. The zero-order valence-corrected chi connectivity index (χ0v) is 11.6. The van der Waals surface area contributed by atoms with Crippen LogP contribution in [0.25, 0.3) is 0 Å². The molecule has 1 aliphatic rings. The van der Waals surface area contributed by atoms with E-state index in [1.54, 1.807) is 35.4 Å². The molecule has 20 heavy (non-hydrogen) atoms. The number of hydrogen-bond donors (Lipinski definition) is 2. The van der Waals surface area contributed by atoms with Crippen molar-refractivity contribution in [2.75, 3.05) is 6.54 Å². The summed E-state index contributed by atoms with van der Waals surface area (Å²) in [5.74, 6) is 0.163. The number of aromatic hydroxyl groups is 1. The van der Waals surface area contributed by atoms with E-state index in [0.29, 0.717) is 23.3 Å². The second-order valence-electron chi connectivity index (χ2n) is 4.84. The van der Waals surface area contributed by atoms with Gasteiger partial charge >= 0.3 is 0 Å². The molecule has 1 aliphatic heterocycles. The minimum atomic E-state index is -0.0687. The highest BCUT2D eigenvalue weighted by molar-refractivity contribution is 7.71. The predicted molar refractivity (Wildman–Crippen MR) is 78.2 cm³/mol. The van der Waals surface area contributed by atoms with Crippen LogP contribution < -0.4 is 0 Å². The van der Waals surface area contributed by atoms with Crippen molar-refractivity contribution in [3.8, 4) is 5.75 Å². The van der Waals surface area contributed by atoms with E-state index in [2.05, 4.69) is 4.98 Å². The maximum Gasteiger partial charge on any atom is 0.257 e. The molecular weight excluding hydrogens is 272 g/mol. The number of hydrogen-bond acceptors (Lipinski definition) is 3. The van der Waals surface area contributed by atoms with E-state index in [1.165, 1.54) is 5.56 Å². The molecule has 2 N–H and O–H groups in total. The van der Waals surface area contributed by atoms with E-state index in [1.807, 2.05) is 6.07 Å². The van der Waals surface area contributed by atoms with Crippen molar-refractivity contribution in [3.05, 3.63) is 57.9 Å². The van der Waals surface area contributed by atoms with Gasteiger partial charge in [-0.2, -0.15) is 0 Å². The van der Waals surface area contributed by atoms with Crippen molar-refractivity contribution in [3.63, 3.8) is 0 Å². The second kappa shape index (κ2) is 5.09. The molecule has 1 amide bonds. The number of aromatic nitrogens is 1. The molecule has 0 aliphatic carbocycles. The van der Waals surface area contributed by atoms with Crippen molar-refractivity contribution in [1.82, 2.24) is 9.88 Å². The van der Waals surface area contributed by atoms with E-state index in [-0.39, 0.29) is 11.7 Å². The van der Waals surface area contributed by atoms with Crippen molar-refractivity contribution < 1.29 is 9.90 Å².